The average Bonchev–Trinajstić information content (AvgIpc) is 3.26. The zero-order valence-corrected chi connectivity index (χ0v) is 17.3. The van der Waals surface area contributed by atoms with Crippen molar-refractivity contribution < 1.29 is 22.7 Å². The minimum atomic E-state index is -3.47. The predicted molar refractivity (Wildman–Crippen MR) is 106 cm³/mol. The van der Waals surface area contributed by atoms with Crippen molar-refractivity contribution in [1.82, 2.24) is 8.87 Å². The molecule has 10 heteroatoms. The van der Waals surface area contributed by atoms with Gasteiger partial charge in [-0.15, -0.1) is 6.58 Å². The van der Waals surface area contributed by atoms with E-state index in [9.17, 15) is 18.0 Å². The molecule has 150 valence electrons. The lowest BCUT2D eigenvalue weighted by molar-refractivity contribution is -0.121. The summed E-state index contributed by atoms with van der Waals surface area (Å²) in [4.78, 5) is 29.2. The van der Waals surface area contributed by atoms with Crippen molar-refractivity contribution in [1.29, 1.82) is 0 Å². The number of rotatable bonds is 5. The largest absolute Gasteiger partial charge is 0.465 e. The van der Waals surface area contributed by atoms with Crippen LogP contribution in [-0.4, -0.2) is 55.1 Å². The second kappa shape index (κ2) is 7.98. The fraction of sp³-hybridized carbons (Fsp3) is 0.389. The summed E-state index contributed by atoms with van der Waals surface area (Å²) in [7, 11) is -2.16. The van der Waals surface area contributed by atoms with Crippen LogP contribution in [0.5, 0.6) is 0 Å². The number of carbonyl (C=O) groups is 2. The molecule has 1 aliphatic rings. The minimum Gasteiger partial charge on any atom is -0.465 e. The number of sulfonamides is 1. The number of carbonyl (C=O) groups excluding carboxylic acids is 2. The van der Waals surface area contributed by atoms with Crippen LogP contribution >= 0.6 is 11.3 Å². The lowest BCUT2D eigenvalue weighted by atomic mass is 10.2. The second-order valence-corrected chi connectivity index (χ2v) is 9.38. The maximum absolute atomic E-state index is 12.7. The molecule has 2 aromatic rings. The van der Waals surface area contributed by atoms with Crippen molar-refractivity contribution in [2.75, 3.05) is 19.9 Å². The third-order valence-corrected chi connectivity index (χ3v) is 6.87. The number of benzene rings is 1. The molecule has 3 rings (SSSR count). The van der Waals surface area contributed by atoms with E-state index in [0.717, 1.165) is 16.5 Å². The number of methoxy groups -OCH3 is 1. The van der Waals surface area contributed by atoms with E-state index in [1.54, 1.807) is 24.3 Å². The van der Waals surface area contributed by atoms with Crippen LogP contribution in [0.1, 0.15) is 23.2 Å². The first-order valence-electron chi connectivity index (χ1n) is 8.64. The van der Waals surface area contributed by atoms with Crippen molar-refractivity contribution in [3.05, 3.63) is 41.2 Å². The van der Waals surface area contributed by atoms with Gasteiger partial charge in [-0.3, -0.25) is 4.79 Å². The summed E-state index contributed by atoms with van der Waals surface area (Å²) < 4.78 is 32.4. The third kappa shape index (κ3) is 3.94. The Hall–Kier alpha value is -2.30. The molecule has 0 radical (unpaired) electrons. The van der Waals surface area contributed by atoms with Crippen molar-refractivity contribution >= 4 is 43.5 Å². The molecule has 1 saturated heterocycles. The van der Waals surface area contributed by atoms with Gasteiger partial charge in [0.05, 0.1) is 29.1 Å². The monoisotopic (exact) mass is 423 g/mol. The van der Waals surface area contributed by atoms with E-state index in [-0.39, 0.29) is 0 Å². The van der Waals surface area contributed by atoms with Crippen LogP contribution in [0, 0.1) is 0 Å². The molecule has 1 aromatic heterocycles. The summed E-state index contributed by atoms with van der Waals surface area (Å²) in [6.07, 6.45) is 3.86. The van der Waals surface area contributed by atoms with Gasteiger partial charge in [0.25, 0.3) is 5.91 Å². The standard InChI is InChI=1S/C18H21N3O5S2/c1-4-9-20-13-8-7-12(17(23)26-2)11-15(13)27-18(20)19-16(22)14-6-5-10-21(14)28(3,24)25/h4,7-8,11,14H,1,5-6,9-10H2,2-3H3. The van der Waals surface area contributed by atoms with Gasteiger partial charge in [0.1, 0.15) is 6.04 Å². The van der Waals surface area contributed by atoms with Gasteiger partial charge >= 0.3 is 5.97 Å². The summed E-state index contributed by atoms with van der Waals surface area (Å²) in [5.41, 5.74) is 1.20. The number of thiazole rings is 1. The number of hydrogen-bond donors (Lipinski definition) is 0. The van der Waals surface area contributed by atoms with Crippen LogP contribution in [0.25, 0.3) is 10.2 Å². The van der Waals surface area contributed by atoms with Crippen LogP contribution in [0.2, 0.25) is 0 Å². The Morgan fingerprint density at radius 3 is 2.82 bits per heavy atom. The van der Waals surface area contributed by atoms with Crippen molar-refractivity contribution in [3.8, 4) is 0 Å². The molecule has 1 aliphatic heterocycles. The Balaban J connectivity index is 2.07. The average molecular weight is 424 g/mol. The highest BCUT2D eigenvalue weighted by Crippen LogP contribution is 2.23. The summed E-state index contributed by atoms with van der Waals surface area (Å²) >= 11 is 1.25. The number of ether oxygens (including phenoxy) is 1. The number of aromatic nitrogens is 1. The van der Waals surface area contributed by atoms with Gasteiger partial charge < -0.3 is 9.30 Å². The first-order valence-corrected chi connectivity index (χ1v) is 11.3. The molecule has 2 heterocycles. The predicted octanol–water partition coefficient (Wildman–Crippen LogP) is 1.53. The first-order chi connectivity index (χ1) is 13.3. The molecule has 1 unspecified atom stereocenters. The van der Waals surface area contributed by atoms with Crippen molar-refractivity contribution in [2.45, 2.75) is 25.4 Å². The van der Waals surface area contributed by atoms with Gasteiger partial charge in [0, 0.05) is 13.1 Å². The summed E-state index contributed by atoms with van der Waals surface area (Å²) in [5, 5.41) is 0. The van der Waals surface area contributed by atoms with E-state index in [1.807, 2.05) is 4.57 Å². The molecule has 1 fully saturated rings. The second-order valence-electron chi connectivity index (χ2n) is 6.44. The van der Waals surface area contributed by atoms with Crippen LogP contribution < -0.4 is 4.80 Å². The Bertz CT molecular complexity index is 1110. The molecule has 1 amide bonds. The van der Waals surface area contributed by atoms with Gasteiger partial charge in [0.15, 0.2) is 4.80 Å². The third-order valence-electron chi connectivity index (χ3n) is 4.54. The fourth-order valence-electron chi connectivity index (χ4n) is 3.26. The first kappa shape index (κ1) is 20.4. The minimum absolute atomic E-state index is 0.326. The van der Waals surface area contributed by atoms with Crippen molar-refractivity contribution in [2.24, 2.45) is 4.99 Å². The maximum Gasteiger partial charge on any atom is 0.337 e. The summed E-state index contributed by atoms with van der Waals surface area (Å²) in [6, 6.07) is 4.33. The Morgan fingerprint density at radius 1 is 1.43 bits per heavy atom. The number of fused-ring (bicyclic) bond motifs is 1. The highest BCUT2D eigenvalue weighted by atomic mass is 32.2. The van der Waals surface area contributed by atoms with E-state index >= 15 is 0 Å². The SMILES string of the molecule is C=CCn1c(=NC(=O)C2CCCN2S(C)(=O)=O)sc2cc(C(=O)OC)ccc21. The van der Waals surface area contributed by atoms with Gasteiger partial charge in [-0.1, -0.05) is 17.4 Å². The summed E-state index contributed by atoms with van der Waals surface area (Å²) in [5.74, 6) is -0.935. The Morgan fingerprint density at radius 2 is 2.18 bits per heavy atom. The molecule has 8 nitrogen and oxygen atoms in total. The zero-order chi connectivity index (χ0) is 20.5. The van der Waals surface area contributed by atoms with Gasteiger partial charge in [0.2, 0.25) is 10.0 Å². The molecule has 0 bridgehead atoms. The summed E-state index contributed by atoms with van der Waals surface area (Å²) in [6.45, 7) is 4.49. The normalized spacial score (nSPS) is 18.5. The lowest BCUT2D eigenvalue weighted by Gasteiger charge is -2.18. The number of nitrogens with zero attached hydrogens (tertiary/aromatic N) is 3. The van der Waals surface area contributed by atoms with E-state index in [4.69, 9.17) is 4.74 Å². The quantitative estimate of drug-likeness (QED) is 0.537. The van der Waals surface area contributed by atoms with Crippen LogP contribution in [0.4, 0.5) is 0 Å². The van der Waals surface area contributed by atoms with Gasteiger partial charge in [-0.2, -0.15) is 9.30 Å². The fourth-order valence-corrected chi connectivity index (χ4v) is 5.46. The van der Waals surface area contributed by atoms with Gasteiger partial charge in [-0.25, -0.2) is 13.2 Å². The molecule has 1 atom stereocenters. The van der Waals surface area contributed by atoms with Crippen LogP contribution in [0.3, 0.4) is 0 Å². The van der Waals surface area contributed by atoms with Crippen LogP contribution in [0.15, 0.2) is 35.8 Å². The number of hydrogen-bond acceptors (Lipinski definition) is 6. The van der Waals surface area contributed by atoms with E-state index in [2.05, 4.69) is 11.6 Å². The van der Waals surface area contributed by atoms with Crippen LogP contribution in [-0.2, 0) is 26.1 Å². The highest BCUT2D eigenvalue weighted by Gasteiger charge is 2.36. The number of allylic oxidation sites excluding steroid dienone is 1. The molecule has 0 spiro atoms. The lowest BCUT2D eigenvalue weighted by Crippen LogP contribution is -2.39. The molecule has 28 heavy (non-hydrogen) atoms. The zero-order valence-electron chi connectivity index (χ0n) is 15.6. The Labute approximate surface area is 166 Å². The van der Waals surface area contributed by atoms with E-state index in [1.165, 1.54) is 22.8 Å². The molecular weight excluding hydrogens is 402 g/mol. The molecule has 0 saturated carbocycles. The molecule has 0 aliphatic carbocycles. The topological polar surface area (TPSA) is 98.0 Å². The maximum atomic E-state index is 12.7. The smallest absolute Gasteiger partial charge is 0.337 e. The molecular formula is C18H21N3O5S2. The molecule has 1 aromatic carbocycles. The number of amides is 1. The molecule has 0 N–H and O–H groups in total. The Kier molecular flexibility index (Phi) is 5.82. The van der Waals surface area contributed by atoms with E-state index in [0.29, 0.717) is 36.3 Å². The number of esters is 1. The van der Waals surface area contributed by atoms with Crippen molar-refractivity contribution in [3.63, 3.8) is 0 Å². The van der Waals surface area contributed by atoms with Gasteiger partial charge in [-0.05, 0) is 31.0 Å². The van der Waals surface area contributed by atoms with E-state index < -0.39 is 27.9 Å². The highest BCUT2D eigenvalue weighted by molar-refractivity contribution is 7.88.